The van der Waals surface area contributed by atoms with Crippen LogP contribution in [0.15, 0.2) is 47.0 Å². The quantitative estimate of drug-likeness (QED) is 0.757. The third-order valence-electron chi connectivity index (χ3n) is 3.97. The molecule has 1 N–H and O–H groups in total. The number of aryl methyl sites for hydroxylation is 4. The van der Waals surface area contributed by atoms with Crippen molar-refractivity contribution in [3.05, 3.63) is 65.0 Å². The van der Waals surface area contributed by atoms with Crippen molar-refractivity contribution in [2.24, 2.45) is 0 Å². The van der Waals surface area contributed by atoms with E-state index in [1.165, 1.54) is 5.56 Å². The predicted octanol–water partition coefficient (Wildman–Crippen LogP) is 4.23. The summed E-state index contributed by atoms with van der Waals surface area (Å²) < 4.78 is 5.26. The highest BCUT2D eigenvalue weighted by atomic mass is 16.5. The standard InChI is InChI=1S/C20H21N3O2/c1-13-5-4-6-16(12-13)20-22-19(25-23-20)10-9-18(24)21-17-8-7-14(2)11-15(17)3/h4-8,11-12H,9-10H2,1-3H3,(H,21,24). The van der Waals surface area contributed by atoms with Gasteiger partial charge in [0.25, 0.3) is 0 Å². The molecule has 1 heterocycles. The molecular formula is C20H21N3O2. The number of anilines is 1. The van der Waals surface area contributed by atoms with Crippen molar-refractivity contribution in [1.82, 2.24) is 10.1 Å². The highest BCUT2D eigenvalue weighted by Crippen LogP contribution is 2.18. The lowest BCUT2D eigenvalue weighted by Gasteiger charge is -2.08. The molecule has 0 bridgehead atoms. The Morgan fingerprint density at radius 2 is 1.88 bits per heavy atom. The highest BCUT2D eigenvalue weighted by Gasteiger charge is 2.11. The van der Waals surface area contributed by atoms with Crippen molar-refractivity contribution in [3.8, 4) is 11.4 Å². The zero-order valence-electron chi connectivity index (χ0n) is 14.7. The molecule has 1 aromatic heterocycles. The van der Waals surface area contributed by atoms with Crippen LogP contribution in [0.5, 0.6) is 0 Å². The van der Waals surface area contributed by atoms with Crippen LogP contribution < -0.4 is 5.32 Å². The molecule has 0 unspecified atom stereocenters. The van der Waals surface area contributed by atoms with E-state index in [0.29, 0.717) is 24.6 Å². The molecule has 25 heavy (non-hydrogen) atoms. The average molecular weight is 335 g/mol. The molecule has 5 nitrogen and oxygen atoms in total. The molecular weight excluding hydrogens is 314 g/mol. The Kier molecular flexibility index (Phi) is 4.93. The molecule has 2 aromatic carbocycles. The zero-order chi connectivity index (χ0) is 17.8. The first-order valence-corrected chi connectivity index (χ1v) is 8.28. The van der Waals surface area contributed by atoms with E-state index in [4.69, 9.17) is 4.52 Å². The monoisotopic (exact) mass is 335 g/mol. The van der Waals surface area contributed by atoms with Crippen molar-refractivity contribution < 1.29 is 9.32 Å². The predicted molar refractivity (Wildman–Crippen MR) is 97.3 cm³/mol. The minimum absolute atomic E-state index is 0.0674. The van der Waals surface area contributed by atoms with E-state index in [1.807, 2.05) is 63.2 Å². The van der Waals surface area contributed by atoms with E-state index in [2.05, 4.69) is 15.5 Å². The minimum Gasteiger partial charge on any atom is -0.339 e. The number of carbonyl (C=O) groups excluding carboxylic acids is 1. The Balaban J connectivity index is 1.59. The molecule has 0 spiro atoms. The molecule has 3 rings (SSSR count). The fourth-order valence-electron chi connectivity index (χ4n) is 2.64. The van der Waals surface area contributed by atoms with Gasteiger partial charge in [-0.3, -0.25) is 4.79 Å². The Morgan fingerprint density at radius 1 is 1.08 bits per heavy atom. The van der Waals surface area contributed by atoms with Gasteiger partial charge in [-0.1, -0.05) is 46.6 Å². The van der Waals surface area contributed by atoms with E-state index in [1.54, 1.807) is 0 Å². The van der Waals surface area contributed by atoms with Crippen LogP contribution >= 0.6 is 0 Å². The van der Waals surface area contributed by atoms with E-state index in [0.717, 1.165) is 22.4 Å². The van der Waals surface area contributed by atoms with Gasteiger partial charge in [0.1, 0.15) is 0 Å². The van der Waals surface area contributed by atoms with E-state index >= 15 is 0 Å². The first-order chi connectivity index (χ1) is 12.0. The second-order valence-electron chi connectivity index (χ2n) is 6.25. The molecule has 128 valence electrons. The highest BCUT2D eigenvalue weighted by molar-refractivity contribution is 5.91. The van der Waals surface area contributed by atoms with Crippen LogP contribution in [0, 0.1) is 20.8 Å². The number of hydrogen-bond acceptors (Lipinski definition) is 4. The number of amides is 1. The number of nitrogens with one attached hydrogen (secondary N) is 1. The van der Waals surface area contributed by atoms with Crippen LogP contribution in [0.3, 0.4) is 0 Å². The largest absolute Gasteiger partial charge is 0.339 e. The molecule has 0 saturated carbocycles. The Labute approximate surface area is 147 Å². The molecule has 0 radical (unpaired) electrons. The molecule has 3 aromatic rings. The van der Waals surface area contributed by atoms with Gasteiger partial charge in [0.05, 0.1) is 0 Å². The third-order valence-corrected chi connectivity index (χ3v) is 3.97. The van der Waals surface area contributed by atoms with Gasteiger partial charge >= 0.3 is 0 Å². The molecule has 0 fully saturated rings. The number of benzene rings is 2. The lowest BCUT2D eigenvalue weighted by Crippen LogP contribution is -2.13. The summed E-state index contributed by atoms with van der Waals surface area (Å²) in [7, 11) is 0. The number of aromatic nitrogens is 2. The average Bonchev–Trinajstić information content (AvgIpc) is 3.05. The van der Waals surface area contributed by atoms with Gasteiger partial charge in [-0.15, -0.1) is 0 Å². The number of carbonyl (C=O) groups is 1. The number of hydrogen-bond donors (Lipinski definition) is 1. The van der Waals surface area contributed by atoms with Crippen LogP contribution in [0.25, 0.3) is 11.4 Å². The Morgan fingerprint density at radius 3 is 2.64 bits per heavy atom. The normalized spacial score (nSPS) is 10.7. The number of rotatable bonds is 5. The second-order valence-corrected chi connectivity index (χ2v) is 6.25. The first kappa shape index (κ1) is 16.9. The van der Waals surface area contributed by atoms with Gasteiger partial charge in [0.15, 0.2) is 0 Å². The lowest BCUT2D eigenvalue weighted by atomic mass is 10.1. The van der Waals surface area contributed by atoms with Crippen molar-refractivity contribution >= 4 is 11.6 Å². The maximum absolute atomic E-state index is 12.1. The SMILES string of the molecule is Cc1cccc(-c2noc(CCC(=O)Nc3ccc(C)cc3C)n2)c1. The van der Waals surface area contributed by atoms with Gasteiger partial charge < -0.3 is 9.84 Å². The Bertz CT molecular complexity index is 899. The van der Waals surface area contributed by atoms with Crippen LogP contribution in [-0.2, 0) is 11.2 Å². The molecule has 0 atom stereocenters. The summed E-state index contributed by atoms with van der Waals surface area (Å²) in [6.45, 7) is 6.02. The minimum atomic E-state index is -0.0674. The summed E-state index contributed by atoms with van der Waals surface area (Å²) in [6, 6.07) is 13.9. The van der Waals surface area contributed by atoms with Crippen LogP contribution in [0.4, 0.5) is 5.69 Å². The lowest BCUT2D eigenvalue weighted by molar-refractivity contribution is -0.116. The molecule has 1 amide bonds. The molecule has 5 heteroatoms. The van der Waals surface area contributed by atoms with Crippen LogP contribution in [0.1, 0.15) is 29.0 Å². The van der Waals surface area contributed by atoms with Crippen LogP contribution in [-0.4, -0.2) is 16.0 Å². The molecule has 0 aliphatic heterocycles. The smallest absolute Gasteiger partial charge is 0.227 e. The zero-order valence-corrected chi connectivity index (χ0v) is 14.7. The maximum atomic E-state index is 12.1. The van der Waals surface area contributed by atoms with E-state index in [-0.39, 0.29) is 5.91 Å². The van der Waals surface area contributed by atoms with Crippen molar-refractivity contribution in [2.75, 3.05) is 5.32 Å². The van der Waals surface area contributed by atoms with Gasteiger partial charge in [-0.25, -0.2) is 0 Å². The summed E-state index contributed by atoms with van der Waals surface area (Å²) in [5, 5.41) is 6.92. The topological polar surface area (TPSA) is 68.0 Å². The maximum Gasteiger partial charge on any atom is 0.227 e. The van der Waals surface area contributed by atoms with Crippen molar-refractivity contribution in [2.45, 2.75) is 33.6 Å². The third kappa shape index (κ3) is 4.32. The van der Waals surface area contributed by atoms with Crippen molar-refractivity contribution in [1.29, 1.82) is 0 Å². The van der Waals surface area contributed by atoms with Crippen LogP contribution in [0.2, 0.25) is 0 Å². The summed E-state index contributed by atoms with van der Waals surface area (Å²) in [4.78, 5) is 16.5. The number of nitrogens with zero attached hydrogens (tertiary/aromatic N) is 2. The summed E-state index contributed by atoms with van der Waals surface area (Å²) >= 11 is 0. The first-order valence-electron chi connectivity index (χ1n) is 8.28. The van der Waals surface area contributed by atoms with Crippen molar-refractivity contribution in [3.63, 3.8) is 0 Å². The summed E-state index contributed by atoms with van der Waals surface area (Å²) in [5.74, 6) is 0.947. The fourth-order valence-corrected chi connectivity index (χ4v) is 2.64. The van der Waals surface area contributed by atoms with E-state index in [9.17, 15) is 4.79 Å². The van der Waals surface area contributed by atoms with Gasteiger partial charge in [0, 0.05) is 24.1 Å². The van der Waals surface area contributed by atoms with Gasteiger partial charge in [-0.05, 0) is 38.5 Å². The van der Waals surface area contributed by atoms with Gasteiger partial charge in [-0.2, -0.15) is 4.98 Å². The molecule has 0 aliphatic carbocycles. The van der Waals surface area contributed by atoms with E-state index < -0.39 is 0 Å². The molecule has 0 saturated heterocycles. The Hall–Kier alpha value is -2.95. The fraction of sp³-hybridized carbons (Fsp3) is 0.250. The summed E-state index contributed by atoms with van der Waals surface area (Å²) in [6.07, 6.45) is 0.707. The molecule has 0 aliphatic rings. The summed E-state index contributed by atoms with van der Waals surface area (Å²) in [5.41, 5.74) is 5.10. The second kappa shape index (κ2) is 7.30. The van der Waals surface area contributed by atoms with Gasteiger partial charge in [0.2, 0.25) is 17.6 Å².